The molecule has 2 heterocycles. The van der Waals surface area contributed by atoms with Gasteiger partial charge in [0.25, 0.3) is 10.2 Å². The molecule has 2 aliphatic rings. The number of hydrogen-bond donors (Lipinski definition) is 1. The van der Waals surface area contributed by atoms with E-state index in [0.717, 1.165) is 32.1 Å². The van der Waals surface area contributed by atoms with Crippen LogP contribution in [0.1, 0.15) is 32.1 Å². The molecule has 2 unspecified atom stereocenters. The molecule has 2 fully saturated rings. The van der Waals surface area contributed by atoms with Crippen LogP contribution in [0.4, 0.5) is 0 Å². The summed E-state index contributed by atoms with van der Waals surface area (Å²) in [6, 6.07) is 0.299. The summed E-state index contributed by atoms with van der Waals surface area (Å²) >= 11 is 0. The number of rotatable bonds is 4. The van der Waals surface area contributed by atoms with Gasteiger partial charge in [0, 0.05) is 38.3 Å². The van der Waals surface area contributed by atoms with Crippen LogP contribution in [0.3, 0.4) is 0 Å². The topological polar surface area (TPSA) is 69.9 Å². The van der Waals surface area contributed by atoms with Crippen molar-refractivity contribution in [1.29, 1.82) is 0 Å². The van der Waals surface area contributed by atoms with Gasteiger partial charge in [-0.2, -0.15) is 17.0 Å². The van der Waals surface area contributed by atoms with Crippen molar-refractivity contribution in [2.24, 2.45) is 5.73 Å². The standard InChI is InChI=1S/C13H28N4O2S/c1-15(2)13-7-5-8-16(11-13)20(18,19)17-9-4-3-6-12(17)10-14/h12-13H,3-11,14H2,1-2H3. The van der Waals surface area contributed by atoms with Crippen molar-refractivity contribution in [3.05, 3.63) is 0 Å². The fourth-order valence-electron chi connectivity index (χ4n) is 3.21. The molecule has 0 saturated carbocycles. The summed E-state index contributed by atoms with van der Waals surface area (Å²) in [6.45, 7) is 2.28. The molecular weight excluding hydrogens is 276 g/mol. The van der Waals surface area contributed by atoms with Crippen molar-refractivity contribution in [3.8, 4) is 0 Å². The molecule has 7 heteroatoms. The first-order chi connectivity index (χ1) is 9.46. The number of hydrogen-bond acceptors (Lipinski definition) is 4. The molecule has 2 N–H and O–H groups in total. The average molecular weight is 304 g/mol. The minimum absolute atomic E-state index is 0.0199. The molecule has 0 radical (unpaired) electrons. The van der Waals surface area contributed by atoms with Crippen molar-refractivity contribution >= 4 is 10.2 Å². The van der Waals surface area contributed by atoms with Crippen LogP contribution in [0.15, 0.2) is 0 Å². The molecule has 0 bridgehead atoms. The van der Waals surface area contributed by atoms with E-state index in [-0.39, 0.29) is 6.04 Å². The zero-order valence-corrected chi connectivity index (χ0v) is 13.5. The Balaban J connectivity index is 2.12. The van der Waals surface area contributed by atoms with E-state index >= 15 is 0 Å². The Hall–Kier alpha value is -0.210. The van der Waals surface area contributed by atoms with Gasteiger partial charge in [0.1, 0.15) is 0 Å². The van der Waals surface area contributed by atoms with E-state index in [0.29, 0.717) is 32.2 Å². The van der Waals surface area contributed by atoms with Crippen LogP contribution in [0.2, 0.25) is 0 Å². The van der Waals surface area contributed by atoms with Crippen LogP contribution in [-0.4, -0.2) is 74.3 Å². The Morgan fingerprint density at radius 3 is 2.55 bits per heavy atom. The fourth-order valence-corrected chi connectivity index (χ4v) is 5.16. The Kier molecular flexibility index (Phi) is 5.42. The first-order valence-electron chi connectivity index (χ1n) is 7.60. The van der Waals surface area contributed by atoms with Crippen molar-refractivity contribution in [3.63, 3.8) is 0 Å². The second-order valence-corrected chi connectivity index (χ2v) is 8.00. The fraction of sp³-hybridized carbons (Fsp3) is 1.00. The zero-order valence-electron chi connectivity index (χ0n) is 12.7. The third-order valence-corrected chi connectivity index (χ3v) is 6.62. The largest absolute Gasteiger partial charge is 0.329 e. The second kappa shape index (κ2) is 6.70. The average Bonchev–Trinajstić information content (AvgIpc) is 2.47. The van der Waals surface area contributed by atoms with Crippen molar-refractivity contribution in [2.75, 3.05) is 40.3 Å². The van der Waals surface area contributed by atoms with E-state index in [9.17, 15) is 8.42 Å². The summed E-state index contributed by atoms with van der Waals surface area (Å²) in [4.78, 5) is 2.12. The van der Waals surface area contributed by atoms with E-state index in [2.05, 4.69) is 4.90 Å². The highest BCUT2D eigenvalue weighted by atomic mass is 32.2. The van der Waals surface area contributed by atoms with E-state index in [1.54, 1.807) is 8.61 Å². The third-order valence-electron chi connectivity index (χ3n) is 4.56. The maximum absolute atomic E-state index is 12.9. The number of nitrogens with zero attached hydrogens (tertiary/aromatic N) is 3. The van der Waals surface area contributed by atoms with Crippen LogP contribution < -0.4 is 5.73 Å². The Bertz CT molecular complexity index is 413. The second-order valence-electron chi connectivity index (χ2n) is 6.12. The predicted molar refractivity (Wildman–Crippen MR) is 80.6 cm³/mol. The highest BCUT2D eigenvalue weighted by molar-refractivity contribution is 7.86. The normalized spacial score (nSPS) is 30.8. The van der Waals surface area contributed by atoms with Gasteiger partial charge in [0.15, 0.2) is 0 Å². The summed E-state index contributed by atoms with van der Waals surface area (Å²) < 4.78 is 29.0. The molecule has 0 spiro atoms. The lowest BCUT2D eigenvalue weighted by Gasteiger charge is -2.41. The molecule has 0 aliphatic carbocycles. The molecule has 0 amide bonds. The van der Waals surface area contributed by atoms with Gasteiger partial charge in [-0.05, 0) is 39.8 Å². The monoisotopic (exact) mass is 304 g/mol. The first-order valence-corrected chi connectivity index (χ1v) is 9.00. The molecule has 0 aromatic heterocycles. The van der Waals surface area contributed by atoms with Crippen LogP contribution in [0, 0.1) is 0 Å². The lowest BCUT2D eigenvalue weighted by Crippen LogP contribution is -2.56. The number of likely N-dealkylation sites (N-methyl/N-ethyl adjacent to an activating group) is 1. The van der Waals surface area contributed by atoms with Crippen LogP contribution in [0.5, 0.6) is 0 Å². The number of nitrogens with two attached hydrogens (primary N) is 1. The van der Waals surface area contributed by atoms with E-state index < -0.39 is 10.2 Å². The van der Waals surface area contributed by atoms with Gasteiger partial charge in [0.05, 0.1) is 0 Å². The molecule has 2 aliphatic heterocycles. The quantitative estimate of drug-likeness (QED) is 0.798. The van der Waals surface area contributed by atoms with E-state index in [4.69, 9.17) is 5.73 Å². The summed E-state index contributed by atoms with van der Waals surface area (Å²) in [5.74, 6) is 0. The number of piperidine rings is 2. The summed E-state index contributed by atoms with van der Waals surface area (Å²) in [7, 11) is 0.684. The molecule has 20 heavy (non-hydrogen) atoms. The molecule has 6 nitrogen and oxygen atoms in total. The summed E-state index contributed by atoms with van der Waals surface area (Å²) in [5.41, 5.74) is 5.76. The Morgan fingerprint density at radius 1 is 1.15 bits per heavy atom. The maximum Gasteiger partial charge on any atom is 0.282 e. The molecular formula is C13H28N4O2S. The van der Waals surface area contributed by atoms with Gasteiger partial charge >= 0.3 is 0 Å². The van der Waals surface area contributed by atoms with Crippen molar-refractivity contribution < 1.29 is 8.42 Å². The minimum atomic E-state index is -3.35. The van der Waals surface area contributed by atoms with Crippen LogP contribution in [0.25, 0.3) is 0 Å². The molecule has 2 atom stereocenters. The van der Waals surface area contributed by atoms with Gasteiger partial charge in [-0.15, -0.1) is 0 Å². The zero-order chi connectivity index (χ0) is 14.8. The minimum Gasteiger partial charge on any atom is -0.329 e. The molecule has 0 aromatic rings. The smallest absolute Gasteiger partial charge is 0.282 e. The highest BCUT2D eigenvalue weighted by Crippen LogP contribution is 2.25. The van der Waals surface area contributed by atoms with Gasteiger partial charge < -0.3 is 10.6 Å². The van der Waals surface area contributed by atoms with Gasteiger partial charge in [-0.1, -0.05) is 6.42 Å². The SMILES string of the molecule is CN(C)C1CCCN(S(=O)(=O)N2CCCCC2CN)C1. The highest BCUT2D eigenvalue weighted by Gasteiger charge is 2.38. The molecule has 118 valence electrons. The van der Waals surface area contributed by atoms with E-state index in [1.165, 1.54) is 0 Å². The van der Waals surface area contributed by atoms with Crippen LogP contribution in [-0.2, 0) is 10.2 Å². The molecule has 0 aromatic carbocycles. The molecule has 2 rings (SSSR count). The van der Waals surface area contributed by atoms with Gasteiger partial charge in [0.2, 0.25) is 0 Å². The van der Waals surface area contributed by atoms with Gasteiger partial charge in [-0.25, -0.2) is 0 Å². The lowest BCUT2D eigenvalue weighted by molar-refractivity contribution is 0.172. The first kappa shape index (κ1) is 16.2. The third kappa shape index (κ3) is 3.33. The molecule has 2 saturated heterocycles. The predicted octanol–water partition coefficient (Wildman–Crippen LogP) is 0.0704. The van der Waals surface area contributed by atoms with Crippen LogP contribution >= 0.6 is 0 Å². The summed E-state index contributed by atoms with van der Waals surface area (Å²) in [5, 5.41) is 0. The Morgan fingerprint density at radius 2 is 1.90 bits per heavy atom. The van der Waals surface area contributed by atoms with Crippen molar-refractivity contribution in [1.82, 2.24) is 13.5 Å². The Labute approximate surface area is 123 Å². The van der Waals surface area contributed by atoms with Crippen molar-refractivity contribution in [2.45, 2.75) is 44.2 Å². The van der Waals surface area contributed by atoms with E-state index in [1.807, 2.05) is 14.1 Å². The summed E-state index contributed by atoms with van der Waals surface area (Å²) in [6.07, 6.45) is 4.91. The van der Waals surface area contributed by atoms with Gasteiger partial charge in [-0.3, -0.25) is 0 Å². The maximum atomic E-state index is 12.9. The lowest BCUT2D eigenvalue weighted by atomic mass is 10.1.